The lowest BCUT2D eigenvalue weighted by Gasteiger charge is -2.38. The topological polar surface area (TPSA) is 108 Å². The predicted molar refractivity (Wildman–Crippen MR) is 145 cm³/mol. The van der Waals surface area contributed by atoms with E-state index in [0.717, 1.165) is 18.4 Å². The number of hydrogen-bond donors (Lipinski definition) is 3. The molecule has 3 amide bonds. The van der Waals surface area contributed by atoms with Crippen molar-refractivity contribution in [2.24, 2.45) is 23.7 Å². The van der Waals surface area contributed by atoms with Gasteiger partial charge in [-0.2, -0.15) is 0 Å². The smallest absolute Gasteiger partial charge is 0.246 e. The normalized spacial score (nSPS) is 33.4. The zero-order valence-electron chi connectivity index (χ0n) is 23.7. The highest BCUT2D eigenvalue weighted by Crippen LogP contribution is 2.65. The van der Waals surface area contributed by atoms with Crippen LogP contribution in [0.15, 0.2) is 30.3 Å². The SMILES string of the molecule is CCCC(C)NC(=O)C1N([C@@H](CO)CC(C)C)C(=O)[C@@H]2[C@@H](C(=O)NCc3ccccc3)[C@]3(C)OC12CC3C. The molecule has 1 aromatic rings. The third kappa shape index (κ3) is 4.75. The number of carbonyl (C=O) groups is 3. The third-order valence-electron chi connectivity index (χ3n) is 9.05. The highest BCUT2D eigenvalue weighted by Gasteiger charge is 2.80. The second kappa shape index (κ2) is 11.0. The minimum absolute atomic E-state index is 0.0278. The van der Waals surface area contributed by atoms with Crippen molar-refractivity contribution in [1.82, 2.24) is 15.5 Å². The zero-order chi connectivity index (χ0) is 27.8. The fourth-order valence-corrected chi connectivity index (χ4v) is 7.31. The van der Waals surface area contributed by atoms with Gasteiger partial charge in [-0.1, -0.05) is 64.4 Å². The Kier molecular flexibility index (Phi) is 8.24. The molecular weight excluding hydrogens is 482 g/mol. The Hall–Kier alpha value is -2.45. The molecule has 0 aliphatic carbocycles. The molecule has 8 nitrogen and oxygen atoms in total. The Bertz CT molecular complexity index is 1030. The Morgan fingerprint density at radius 3 is 2.47 bits per heavy atom. The van der Waals surface area contributed by atoms with Gasteiger partial charge in [0.25, 0.3) is 0 Å². The first-order valence-corrected chi connectivity index (χ1v) is 14.2. The summed E-state index contributed by atoms with van der Waals surface area (Å²) in [5.41, 5.74) is -1.01. The first-order valence-electron chi connectivity index (χ1n) is 14.2. The van der Waals surface area contributed by atoms with Crippen LogP contribution < -0.4 is 10.6 Å². The molecule has 38 heavy (non-hydrogen) atoms. The molecule has 1 spiro atoms. The van der Waals surface area contributed by atoms with Gasteiger partial charge < -0.3 is 25.4 Å². The number of benzene rings is 1. The number of carbonyl (C=O) groups excluding carboxylic acids is 3. The van der Waals surface area contributed by atoms with E-state index in [0.29, 0.717) is 19.4 Å². The Balaban J connectivity index is 1.72. The second-order valence-corrected chi connectivity index (χ2v) is 12.3. The number of rotatable bonds is 11. The average Bonchev–Trinajstić information content (AvgIpc) is 3.38. The van der Waals surface area contributed by atoms with E-state index in [9.17, 15) is 19.5 Å². The lowest BCUT2D eigenvalue weighted by molar-refractivity contribution is -0.151. The average molecular weight is 528 g/mol. The molecule has 210 valence electrons. The molecule has 0 saturated carbocycles. The summed E-state index contributed by atoms with van der Waals surface area (Å²) in [7, 11) is 0. The van der Waals surface area contributed by atoms with Gasteiger partial charge in [0, 0.05) is 12.6 Å². The lowest BCUT2D eigenvalue weighted by Crippen LogP contribution is -2.59. The molecule has 0 aromatic heterocycles. The molecule has 0 radical (unpaired) electrons. The van der Waals surface area contributed by atoms with Crippen molar-refractivity contribution < 1.29 is 24.2 Å². The Labute approximate surface area is 226 Å². The van der Waals surface area contributed by atoms with Crippen LogP contribution in [0.3, 0.4) is 0 Å². The predicted octanol–water partition coefficient (Wildman–Crippen LogP) is 3.03. The van der Waals surface area contributed by atoms with E-state index in [-0.39, 0.29) is 42.2 Å². The van der Waals surface area contributed by atoms with E-state index in [1.807, 2.05) is 65.0 Å². The number of hydrogen-bond acceptors (Lipinski definition) is 5. The number of fused-ring (bicyclic) bond motifs is 1. The summed E-state index contributed by atoms with van der Waals surface area (Å²) in [4.78, 5) is 43.6. The largest absolute Gasteiger partial charge is 0.394 e. The number of amides is 3. The van der Waals surface area contributed by atoms with Crippen molar-refractivity contribution in [3.8, 4) is 0 Å². The van der Waals surface area contributed by atoms with Crippen molar-refractivity contribution in [2.75, 3.05) is 6.61 Å². The number of nitrogens with zero attached hydrogens (tertiary/aromatic N) is 1. The fourth-order valence-electron chi connectivity index (χ4n) is 7.31. The summed E-state index contributed by atoms with van der Waals surface area (Å²) in [6.07, 6.45) is 2.80. The second-order valence-electron chi connectivity index (χ2n) is 12.3. The number of aliphatic hydroxyl groups excluding tert-OH is 1. The van der Waals surface area contributed by atoms with Crippen LogP contribution in [0.2, 0.25) is 0 Å². The molecule has 8 atom stereocenters. The van der Waals surface area contributed by atoms with E-state index in [1.165, 1.54) is 0 Å². The monoisotopic (exact) mass is 527 g/mol. The van der Waals surface area contributed by atoms with E-state index in [1.54, 1.807) is 4.90 Å². The molecule has 3 aliphatic heterocycles. The van der Waals surface area contributed by atoms with Gasteiger partial charge in [-0.3, -0.25) is 14.4 Å². The third-order valence-corrected chi connectivity index (χ3v) is 9.05. The Morgan fingerprint density at radius 2 is 1.87 bits per heavy atom. The zero-order valence-corrected chi connectivity index (χ0v) is 23.7. The van der Waals surface area contributed by atoms with Crippen LogP contribution in [0.5, 0.6) is 0 Å². The van der Waals surface area contributed by atoms with Crippen LogP contribution in [-0.4, -0.2) is 63.7 Å². The van der Waals surface area contributed by atoms with Crippen LogP contribution >= 0.6 is 0 Å². The molecular formula is C30H45N3O5. The summed E-state index contributed by atoms with van der Waals surface area (Å²) in [5, 5.41) is 16.6. The van der Waals surface area contributed by atoms with E-state index in [2.05, 4.69) is 17.6 Å². The highest BCUT2D eigenvalue weighted by atomic mass is 16.5. The number of aliphatic hydroxyl groups is 1. The summed E-state index contributed by atoms with van der Waals surface area (Å²) >= 11 is 0. The fraction of sp³-hybridized carbons (Fsp3) is 0.700. The van der Waals surface area contributed by atoms with E-state index in [4.69, 9.17) is 4.74 Å². The van der Waals surface area contributed by atoms with Crippen molar-refractivity contribution in [3.63, 3.8) is 0 Å². The molecule has 3 saturated heterocycles. The van der Waals surface area contributed by atoms with Gasteiger partial charge in [0.2, 0.25) is 17.7 Å². The van der Waals surface area contributed by atoms with Crippen LogP contribution in [0, 0.1) is 23.7 Å². The summed E-state index contributed by atoms with van der Waals surface area (Å²) in [6, 6.07) is 8.17. The van der Waals surface area contributed by atoms with Crippen molar-refractivity contribution in [3.05, 3.63) is 35.9 Å². The summed E-state index contributed by atoms with van der Waals surface area (Å²) < 4.78 is 6.78. The van der Waals surface area contributed by atoms with Crippen LogP contribution in [0.25, 0.3) is 0 Å². The van der Waals surface area contributed by atoms with Gasteiger partial charge in [0.1, 0.15) is 11.6 Å². The van der Waals surface area contributed by atoms with E-state index < -0.39 is 35.1 Å². The Morgan fingerprint density at radius 1 is 1.18 bits per heavy atom. The summed E-state index contributed by atoms with van der Waals surface area (Å²) in [6.45, 7) is 12.2. The quantitative estimate of drug-likeness (QED) is 0.410. The minimum Gasteiger partial charge on any atom is -0.394 e. The van der Waals surface area contributed by atoms with Gasteiger partial charge >= 0.3 is 0 Å². The number of nitrogens with one attached hydrogen (secondary N) is 2. The van der Waals surface area contributed by atoms with Crippen LogP contribution in [0.1, 0.15) is 72.8 Å². The molecule has 3 N–H and O–H groups in total. The molecule has 3 fully saturated rings. The van der Waals surface area contributed by atoms with E-state index >= 15 is 0 Å². The maximum atomic E-state index is 14.3. The maximum absolute atomic E-state index is 14.3. The van der Waals surface area contributed by atoms with Crippen molar-refractivity contribution in [1.29, 1.82) is 0 Å². The standard InChI is InChI=1S/C30H45N3O5/c1-7-11-20(5)32-27(36)25-30-15-19(4)29(6,38-30)23(26(35)31-16-21-12-9-8-10-13-21)24(30)28(37)33(25)22(17-34)14-18(2)3/h8-10,12-13,18-20,22-25,34H,7,11,14-17H2,1-6H3,(H,31,35)(H,32,36)/t19?,20?,22-,23+,24+,25?,29-,30?/m1/s1. The summed E-state index contributed by atoms with van der Waals surface area (Å²) in [5.74, 6) is -2.08. The molecule has 4 unspecified atom stereocenters. The van der Waals surface area contributed by atoms with Crippen LogP contribution in [0.4, 0.5) is 0 Å². The number of ether oxygens (including phenoxy) is 1. The minimum atomic E-state index is -1.11. The first kappa shape index (κ1) is 28.6. The molecule has 8 heteroatoms. The lowest BCUT2D eigenvalue weighted by atomic mass is 9.62. The van der Waals surface area contributed by atoms with Crippen molar-refractivity contribution in [2.45, 2.75) is 103 Å². The highest BCUT2D eigenvalue weighted by molar-refractivity contribution is 5.99. The maximum Gasteiger partial charge on any atom is 0.246 e. The molecule has 4 rings (SSSR count). The van der Waals surface area contributed by atoms with Gasteiger partial charge in [0.15, 0.2) is 0 Å². The van der Waals surface area contributed by atoms with Gasteiger partial charge in [0.05, 0.1) is 30.1 Å². The van der Waals surface area contributed by atoms with Gasteiger partial charge in [-0.25, -0.2) is 0 Å². The van der Waals surface area contributed by atoms with Gasteiger partial charge in [-0.15, -0.1) is 0 Å². The first-order chi connectivity index (χ1) is 18.0. The van der Waals surface area contributed by atoms with Gasteiger partial charge in [-0.05, 0) is 50.5 Å². The molecule has 1 aromatic carbocycles. The molecule has 3 heterocycles. The number of likely N-dealkylation sites (tertiary alicyclic amines) is 1. The van der Waals surface area contributed by atoms with Crippen molar-refractivity contribution >= 4 is 17.7 Å². The molecule has 3 aliphatic rings. The van der Waals surface area contributed by atoms with Crippen LogP contribution in [-0.2, 0) is 25.7 Å². The molecule has 2 bridgehead atoms.